The van der Waals surface area contributed by atoms with Crippen molar-refractivity contribution in [2.24, 2.45) is 0 Å². The predicted molar refractivity (Wildman–Crippen MR) is 343 cm³/mol. The normalized spacial score (nSPS) is 16.1. The number of amides is 4. The van der Waals surface area contributed by atoms with Gasteiger partial charge in [0.2, 0.25) is 0 Å². The first-order chi connectivity index (χ1) is 57.7. The Balaban J connectivity index is 1.47. The average molecular weight is 1920 g/mol. The SMILES string of the molecule is O=C(Nc1ccccc1-c1c2nc(c(-c3ccccc3NC(=O)C(F)(OC(F)(F)C(F)(F)C(F)(F)F)C(F)(F)F)c3ccc([nH]3)c(-c3ccccc3NC(=O)C(F)(OC(F)(F)C(F)(F)C(F)(F)F)C(F)(F)F)c3nc(c(-c4ccccc4NC(=O)C(F)(OC(F)(F)C(F)(F)C(F)(F)F)C(F)(F)F)c4ccc1[nH]4)C=C3)C=C2)C(F)(OC(F)(F)C(F)(F)C(F)(F)F)C(F)(F)F. The van der Waals surface area contributed by atoms with E-state index in [4.69, 9.17) is 0 Å². The van der Waals surface area contributed by atoms with Crippen molar-refractivity contribution in [3.63, 3.8) is 0 Å². The summed E-state index contributed by atoms with van der Waals surface area (Å²) >= 11 is 0. The van der Waals surface area contributed by atoms with Gasteiger partial charge in [0.25, 0.3) is 23.6 Å². The van der Waals surface area contributed by atoms with Crippen molar-refractivity contribution in [3.8, 4) is 44.5 Å². The molecule has 2 aliphatic rings. The lowest BCUT2D eigenvalue weighted by molar-refractivity contribution is -0.472. The number of nitrogens with zero attached hydrogens (tertiary/aromatic N) is 2. The number of hydrogen-bond donors (Lipinski definition) is 6. The van der Waals surface area contributed by atoms with Crippen molar-refractivity contribution in [2.45, 2.75) is 121 Å². The summed E-state index contributed by atoms with van der Waals surface area (Å²) in [5.41, 5.74) is -25.5. The molecule has 0 aliphatic carbocycles. The Morgan fingerprint density at radius 2 is 0.383 bits per heavy atom. The molecule has 4 amide bonds. The van der Waals surface area contributed by atoms with Crippen LogP contribution in [0.1, 0.15) is 22.8 Å². The van der Waals surface area contributed by atoms with E-state index in [-0.39, 0.29) is 24.3 Å². The fourth-order valence-corrected chi connectivity index (χ4v) is 10.9. The predicted octanol–water partition coefficient (Wildman–Crippen LogP) is 23.2. The van der Waals surface area contributed by atoms with E-state index in [0.29, 0.717) is 121 Å². The third-order valence-corrected chi connectivity index (χ3v) is 17.1. The largest absolute Gasteiger partial charge is 0.462 e. The number of nitrogens with one attached hydrogen (secondary N) is 6. The van der Waals surface area contributed by atoms with Gasteiger partial charge in [0.15, 0.2) is 0 Å². The van der Waals surface area contributed by atoms with Crippen molar-refractivity contribution in [2.75, 3.05) is 21.3 Å². The molecule has 16 nitrogen and oxygen atoms in total. The summed E-state index contributed by atoms with van der Waals surface area (Å²) in [6.07, 6.45) is -90.5. The van der Waals surface area contributed by atoms with Crippen LogP contribution in [0.4, 0.5) is 216 Å². The summed E-state index contributed by atoms with van der Waals surface area (Å²) in [4.78, 5) is 67.5. The molecule has 0 saturated heterocycles. The van der Waals surface area contributed by atoms with E-state index in [1.807, 2.05) is 0 Å². The molecule has 60 heteroatoms. The fraction of sp³-hybridized carbons (Fsp3) is 0.294. The van der Waals surface area contributed by atoms with Gasteiger partial charge in [0, 0.05) is 89.3 Å². The number of halogens is 44. The van der Waals surface area contributed by atoms with Crippen LogP contribution < -0.4 is 21.3 Å². The minimum atomic E-state index is -7.90. The molecular weight excluding hydrogens is 1890 g/mol. The minimum absolute atomic E-state index is 0.203. The maximum absolute atomic E-state index is 16.2. The summed E-state index contributed by atoms with van der Waals surface area (Å²) in [7, 11) is 0. The molecule has 9 rings (SSSR count). The van der Waals surface area contributed by atoms with Gasteiger partial charge < -0.3 is 31.2 Å². The van der Waals surface area contributed by atoms with Crippen LogP contribution in [-0.2, 0) is 38.1 Å². The van der Waals surface area contributed by atoms with Crippen LogP contribution in [0.3, 0.4) is 0 Å². The summed E-state index contributed by atoms with van der Waals surface area (Å²) in [5, 5.41) is 3.47. The number of aromatic nitrogens is 4. The molecule has 698 valence electrons. The van der Waals surface area contributed by atoms with E-state index in [1.54, 1.807) is 0 Å². The van der Waals surface area contributed by atoms with Crippen molar-refractivity contribution < 1.29 is 231 Å². The lowest BCUT2D eigenvalue weighted by atomic mass is 10.0. The van der Waals surface area contributed by atoms with Gasteiger partial charge in [-0.25, -0.2) is 9.97 Å². The Morgan fingerprint density at radius 3 is 0.531 bits per heavy atom. The summed E-state index contributed by atoms with van der Waals surface area (Å²) in [6.45, 7) is 0. The van der Waals surface area contributed by atoms with E-state index >= 15 is 17.6 Å². The third-order valence-electron chi connectivity index (χ3n) is 17.1. The Bertz CT molecular complexity index is 5050. The highest BCUT2D eigenvalue weighted by Gasteiger charge is 2.84. The van der Waals surface area contributed by atoms with Crippen molar-refractivity contribution in [1.82, 2.24) is 19.9 Å². The van der Waals surface area contributed by atoms with E-state index in [2.05, 4.69) is 38.9 Å². The second-order valence-corrected chi connectivity index (χ2v) is 25.6. The highest BCUT2D eigenvalue weighted by molar-refractivity contribution is 6.09. The minimum Gasteiger partial charge on any atom is -0.354 e. The Morgan fingerprint density at radius 1 is 0.227 bits per heavy atom. The van der Waals surface area contributed by atoms with Gasteiger partial charge in [-0.3, -0.25) is 38.1 Å². The zero-order valence-electron chi connectivity index (χ0n) is 59.6. The van der Waals surface area contributed by atoms with Crippen LogP contribution in [0.25, 0.3) is 90.9 Å². The van der Waals surface area contributed by atoms with Crippen molar-refractivity contribution in [1.29, 1.82) is 0 Å². The summed E-state index contributed by atoms with van der Waals surface area (Å²) in [6, 6.07) is 9.02. The Kier molecular flexibility index (Phi) is 25.0. The van der Waals surface area contributed by atoms with E-state index in [1.165, 1.54) is 0 Å². The lowest BCUT2D eigenvalue weighted by Crippen LogP contribution is -2.62. The van der Waals surface area contributed by atoms with E-state index in [9.17, 15) is 195 Å². The van der Waals surface area contributed by atoms with Gasteiger partial charge >= 0.3 is 121 Å². The molecule has 0 radical (unpaired) electrons. The summed E-state index contributed by atoms with van der Waals surface area (Å²) < 4.78 is 640. The topological polar surface area (TPSA) is 211 Å². The molecule has 0 saturated carbocycles. The van der Waals surface area contributed by atoms with Gasteiger partial charge in [-0.05, 0) is 72.8 Å². The molecule has 6 N–H and O–H groups in total. The smallest absolute Gasteiger partial charge is 0.354 e. The molecule has 128 heavy (non-hydrogen) atoms. The van der Waals surface area contributed by atoms with Crippen LogP contribution in [0.2, 0.25) is 0 Å². The monoisotopic (exact) mass is 1920 g/mol. The van der Waals surface area contributed by atoms with Gasteiger partial charge in [-0.2, -0.15) is 193 Å². The molecule has 7 aromatic rings. The quantitative estimate of drug-likeness (QED) is 0.0315. The second-order valence-electron chi connectivity index (χ2n) is 25.6. The number of anilines is 4. The number of benzene rings is 4. The fourth-order valence-electron chi connectivity index (χ4n) is 10.9. The van der Waals surface area contributed by atoms with Gasteiger partial charge in [0.1, 0.15) is 0 Å². The first-order valence-electron chi connectivity index (χ1n) is 32.6. The molecule has 8 bridgehead atoms. The molecule has 3 aromatic heterocycles. The maximum atomic E-state index is 16.2. The van der Waals surface area contributed by atoms with Crippen molar-refractivity contribution >= 4 is 92.7 Å². The van der Waals surface area contributed by atoms with Crippen LogP contribution in [-0.4, -0.2) is 165 Å². The van der Waals surface area contributed by atoms with Crippen LogP contribution in [0.15, 0.2) is 121 Å². The zero-order valence-corrected chi connectivity index (χ0v) is 59.6. The number of H-pyrrole nitrogens is 2. The number of carbonyl (C=O) groups excluding carboxylic acids is 4. The van der Waals surface area contributed by atoms with Gasteiger partial charge in [-0.15, -0.1) is 0 Å². The zero-order chi connectivity index (χ0) is 97.3. The average Bonchev–Trinajstić information content (AvgIpc) is 1.22. The van der Waals surface area contributed by atoms with E-state index in [0.717, 1.165) is 21.3 Å². The molecule has 4 unspecified atom stereocenters. The van der Waals surface area contributed by atoms with E-state index < -0.39 is 257 Å². The standard InChI is InChI=1S/C68H30F44N8O8/c69-49(57(81,82)83,125-65(105,106)53(73,74)61(93,94)95)45(121)117-29-13-5-1-9-25(29)41-33-17-19-35(113-33)42(26-10-2-6-14-30(26)118-46(122)50(70,58(84,85)86)126-66(107,108)54(75,76)62(96,97)98)37-21-23-39(115-37)44(28-12-4-8-16-32(28)120-48(124)52(72,60(90,91)92)128-68(111,112)56(79,80)64(102,103)104)40-24-22-38(116-40)43(36-20-18-34(41)114-36)27-11-3-7-15-31(27)119-47(123)51(71,59(87,88)89)127-67(109,110)55(77,78)63(99,100)101/h1-24,113,116H,(H,117,121)(H,118,122)(H,119,123)(H,120,124). The highest BCUT2D eigenvalue weighted by atomic mass is 19.5. The molecule has 4 aromatic carbocycles. The molecule has 5 heterocycles. The van der Waals surface area contributed by atoms with Crippen LogP contribution in [0, 0.1) is 0 Å². The number of fused-ring (bicyclic) bond motifs is 8. The number of rotatable bonds is 24. The number of aromatic amines is 2. The maximum Gasteiger partial charge on any atom is 0.462 e. The number of alkyl halides is 44. The molecule has 4 atom stereocenters. The molecule has 2 aliphatic heterocycles. The van der Waals surface area contributed by atoms with Gasteiger partial charge in [0.05, 0.1) is 22.8 Å². The third kappa shape index (κ3) is 17.6. The number of carbonyl (C=O) groups is 4. The lowest BCUT2D eigenvalue weighted by Gasteiger charge is -2.34. The number of hydrogen-bond acceptors (Lipinski definition) is 10. The Hall–Kier alpha value is -11.9. The number of para-hydroxylation sites is 4. The van der Waals surface area contributed by atoms with Crippen molar-refractivity contribution in [3.05, 3.63) is 144 Å². The molecule has 0 fully saturated rings. The summed E-state index contributed by atoms with van der Waals surface area (Å²) in [5.74, 6) is -75.9. The molecule has 0 spiro atoms. The molecular formula is C68H30F44N8O8. The van der Waals surface area contributed by atoms with Crippen LogP contribution in [0.5, 0.6) is 0 Å². The second kappa shape index (κ2) is 32.1. The van der Waals surface area contributed by atoms with Crippen LogP contribution >= 0.6 is 0 Å². The first kappa shape index (κ1) is 99.9. The Labute approximate surface area is 673 Å². The highest BCUT2D eigenvalue weighted by Crippen LogP contribution is 2.58. The van der Waals surface area contributed by atoms with Gasteiger partial charge in [-0.1, -0.05) is 72.8 Å². The number of ether oxygens (including phenoxy) is 4. The first-order valence-corrected chi connectivity index (χ1v) is 32.6.